The molecule has 2 N–H and O–H groups in total. The summed E-state index contributed by atoms with van der Waals surface area (Å²) < 4.78 is 12.4. The molecule has 0 atom stereocenters. The molecule has 20 heavy (non-hydrogen) atoms. The minimum absolute atomic E-state index is 0.479. The summed E-state index contributed by atoms with van der Waals surface area (Å²) in [7, 11) is 0. The zero-order valence-corrected chi connectivity index (χ0v) is 13.0. The first kappa shape index (κ1) is 14.9. The number of rotatable bonds is 6. The second-order valence-electron chi connectivity index (χ2n) is 4.42. The predicted octanol–water partition coefficient (Wildman–Crippen LogP) is 4.15. The van der Waals surface area contributed by atoms with Gasteiger partial charge in [-0.15, -0.1) is 0 Å². The summed E-state index contributed by atoms with van der Waals surface area (Å²) in [6.07, 6.45) is 0. The van der Waals surface area contributed by atoms with Gasteiger partial charge in [0, 0.05) is 15.7 Å². The molecule has 0 heterocycles. The summed E-state index contributed by atoms with van der Waals surface area (Å²) >= 11 is 3.45. The van der Waals surface area contributed by atoms with E-state index < -0.39 is 0 Å². The molecule has 0 radical (unpaired) electrons. The molecule has 0 aliphatic rings. The van der Waals surface area contributed by atoms with Gasteiger partial charge in [-0.2, -0.15) is 0 Å². The third-order valence-electron chi connectivity index (χ3n) is 2.80. The van der Waals surface area contributed by atoms with Gasteiger partial charge in [-0.05, 0) is 42.8 Å². The Labute approximate surface area is 127 Å². The van der Waals surface area contributed by atoms with Crippen LogP contribution >= 0.6 is 15.9 Å². The molecule has 3 nitrogen and oxygen atoms in total. The molecule has 2 aromatic rings. The van der Waals surface area contributed by atoms with Gasteiger partial charge in [-0.1, -0.05) is 28.1 Å². The Bertz CT molecular complexity index is 572. The fourth-order valence-electron chi connectivity index (χ4n) is 1.91. The number of nitrogen functional groups attached to an aromatic ring is 1. The van der Waals surface area contributed by atoms with E-state index in [1.165, 1.54) is 0 Å². The Morgan fingerprint density at radius 3 is 2.70 bits per heavy atom. The molecule has 0 amide bonds. The number of hydrogen-bond donors (Lipinski definition) is 1. The van der Waals surface area contributed by atoms with Crippen LogP contribution in [-0.4, -0.2) is 6.61 Å². The van der Waals surface area contributed by atoms with Crippen molar-refractivity contribution in [3.8, 4) is 5.75 Å². The first-order chi connectivity index (χ1) is 9.69. The Hall–Kier alpha value is -1.52. The fraction of sp³-hybridized carbons (Fsp3) is 0.250. The van der Waals surface area contributed by atoms with Gasteiger partial charge >= 0.3 is 0 Å². The van der Waals surface area contributed by atoms with Gasteiger partial charge in [0.15, 0.2) is 0 Å². The molecule has 2 aromatic carbocycles. The van der Waals surface area contributed by atoms with Gasteiger partial charge in [0.2, 0.25) is 0 Å². The highest BCUT2D eigenvalue weighted by Gasteiger charge is 2.05. The van der Waals surface area contributed by atoms with E-state index in [2.05, 4.69) is 15.9 Å². The lowest BCUT2D eigenvalue weighted by molar-refractivity contribution is 0.105. The molecule has 0 fully saturated rings. The van der Waals surface area contributed by atoms with Crippen molar-refractivity contribution in [2.75, 3.05) is 12.3 Å². The van der Waals surface area contributed by atoms with Crippen LogP contribution in [-0.2, 0) is 18.0 Å². The van der Waals surface area contributed by atoms with Crippen LogP contribution in [0.15, 0.2) is 46.9 Å². The van der Waals surface area contributed by atoms with Crippen molar-refractivity contribution in [2.24, 2.45) is 0 Å². The van der Waals surface area contributed by atoms with E-state index >= 15 is 0 Å². The van der Waals surface area contributed by atoms with Crippen molar-refractivity contribution in [1.29, 1.82) is 0 Å². The molecule has 0 bridgehead atoms. The monoisotopic (exact) mass is 335 g/mol. The molecular weight excluding hydrogens is 318 g/mol. The number of halogens is 1. The van der Waals surface area contributed by atoms with Crippen LogP contribution in [0.4, 0.5) is 5.69 Å². The van der Waals surface area contributed by atoms with Gasteiger partial charge in [0.1, 0.15) is 5.75 Å². The lowest BCUT2D eigenvalue weighted by Crippen LogP contribution is -2.01. The summed E-state index contributed by atoms with van der Waals surface area (Å²) in [6.45, 7) is 3.62. The van der Waals surface area contributed by atoms with E-state index in [4.69, 9.17) is 15.2 Å². The standard InChI is InChI=1S/C16H18BrNO2/c1-2-20-16-7-6-15(18)9-13(16)11-19-10-12-4-3-5-14(17)8-12/h3-9H,2,10-11,18H2,1H3. The van der Waals surface area contributed by atoms with Crippen LogP contribution in [0, 0.1) is 0 Å². The predicted molar refractivity (Wildman–Crippen MR) is 84.7 cm³/mol. The van der Waals surface area contributed by atoms with E-state index in [-0.39, 0.29) is 0 Å². The molecule has 0 aliphatic heterocycles. The van der Waals surface area contributed by atoms with E-state index in [1.54, 1.807) is 0 Å². The SMILES string of the molecule is CCOc1ccc(N)cc1COCc1cccc(Br)c1. The Morgan fingerprint density at radius 1 is 1.10 bits per heavy atom. The Morgan fingerprint density at radius 2 is 1.95 bits per heavy atom. The van der Waals surface area contributed by atoms with E-state index in [0.717, 1.165) is 27.0 Å². The van der Waals surface area contributed by atoms with Gasteiger partial charge in [-0.3, -0.25) is 0 Å². The van der Waals surface area contributed by atoms with E-state index in [1.807, 2.05) is 49.4 Å². The van der Waals surface area contributed by atoms with Crippen LogP contribution in [0.25, 0.3) is 0 Å². The third-order valence-corrected chi connectivity index (χ3v) is 3.29. The van der Waals surface area contributed by atoms with Gasteiger partial charge in [-0.25, -0.2) is 0 Å². The van der Waals surface area contributed by atoms with Crippen molar-refractivity contribution >= 4 is 21.6 Å². The molecule has 0 aliphatic carbocycles. The van der Waals surface area contributed by atoms with Crippen LogP contribution in [0.3, 0.4) is 0 Å². The zero-order chi connectivity index (χ0) is 14.4. The van der Waals surface area contributed by atoms with Gasteiger partial charge in [0.05, 0.1) is 19.8 Å². The maximum Gasteiger partial charge on any atom is 0.124 e. The normalized spacial score (nSPS) is 10.5. The second-order valence-corrected chi connectivity index (χ2v) is 5.34. The first-order valence-electron chi connectivity index (χ1n) is 6.52. The fourth-order valence-corrected chi connectivity index (χ4v) is 2.36. The second kappa shape index (κ2) is 7.31. The van der Waals surface area contributed by atoms with Crippen molar-refractivity contribution in [3.05, 3.63) is 58.1 Å². The highest BCUT2D eigenvalue weighted by atomic mass is 79.9. The molecule has 0 unspecified atom stereocenters. The minimum atomic E-state index is 0.479. The lowest BCUT2D eigenvalue weighted by Gasteiger charge is -2.11. The number of anilines is 1. The third kappa shape index (κ3) is 4.25. The number of ether oxygens (including phenoxy) is 2. The number of nitrogens with two attached hydrogens (primary N) is 1. The number of benzene rings is 2. The minimum Gasteiger partial charge on any atom is -0.494 e. The van der Waals surface area contributed by atoms with Crippen LogP contribution in [0.5, 0.6) is 5.75 Å². The maximum atomic E-state index is 5.81. The number of hydrogen-bond acceptors (Lipinski definition) is 3. The molecule has 2 rings (SSSR count). The molecular formula is C16H18BrNO2. The Balaban J connectivity index is 1.98. The van der Waals surface area contributed by atoms with Crippen LogP contribution in [0.2, 0.25) is 0 Å². The summed E-state index contributed by atoms with van der Waals surface area (Å²) in [5.41, 5.74) is 8.63. The topological polar surface area (TPSA) is 44.5 Å². The van der Waals surface area contributed by atoms with Crippen molar-refractivity contribution in [3.63, 3.8) is 0 Å². The highest BCUT2D eigenvalue weighted by molar-refractivity contribution is 9.10. The highest BCUT2D eigenvalue weighted by Crippen LogP contribution is 2.23. The average molecular weight is 336 g/mol. The molecule has 0 spiro atoms. The van der Waals surface area contributed by atoms with Crippen molar-refractivity contribution < 1.29 is 9.47 Å². The first-order valence-corrected chi connectivity index (χ1v) is 7.31. The zero-order valence-electron chi connectivity index (χ0n) is 11.4. The maximum absolute atomic E-state index is 5.81. The molecule has 106 valence electrons. The summed E-state index contributed by atoms with van der Waals surface area (Å²) in [5.74, 6) is 0.830. The smallest absolute Gasteiger partial charge is 0.124 e. The van der Waals surface area contributed by atoms with E-state index in [0.29, 0.717) is 19.8 Å². The molecule has 0 saturated carbocycles. The summed E-state index contributed by atoms with van der Waals surface area (Å²) in [4.78, 5) is 0. The van der Waals surface area contributed by atoms with Crippen LogP contribution < -0.4 is 10.5 Å². The van der Waals surface area contributed by atoms with Crippen LogP contribution in [0.1, 0.15) is 18.1 Å². The summed E-state index contributed by atoms with van der Waals surface area (Å²) in [5, 5.41) is 0. The molecule has 0 aromatic heterocycles. The van der Waals surface area contributed by atoms with Gasteiger partial charge < -0.3 is 15.2 Å². The van der Waals surface area contributed by atoms with E-state index in [9.17, 15) is 0 Å². The average Bonchev–Trinajstić information content (AvgIpc) is 2.42. The molecule has 0 saturated heterocycles. The quantitative estimate of drug-likeness (QED) is 0.806. The van der Waals surface area contributed by atoms with Crippen molar-refractivity contribution in [2.45, 2.75) is 20.1 Å². The lowest BCUT2D eigenvalue weighted by atomic mass is 10.2. The van der Waals surface area contributed by atoms with Crippen molar-refractivity contribution in [1.82, 2.24) is 0 Å². The molecule has 4 heteroatoms. The van der Waals surface area contributed by atoms with Gasteiger partial charge in [0.25, 0.3) is 0 Å². The summed E-state index contributed by atoms with van der Waals surface area (Å²) in [6, 6.07) is 13.7. The largest absolute Gasteiger partial charge is 0.494 e. The Kier molecular flexibility index (Phi) is 5.44.